The predicted octanol–water partition coefficient (Wildman–Crippen LogP) is 0.0968. The molecule has 102 valence electrons. The van der Waals surface area contributed by atoms with Crippen LogP contribution in [0.4, 0.5) is 5.69 Å². The first-order valence-corrected chi connectivity index (χ1v) is 5.95. The van der Waals surface area contributed by atoms with Crippen LogP contribution in [0.5, 0.6) is 0 Å². The van der Waals surface area contributed by atoms with Gasteiger partial charge < -0.3 is 20.5 Å². The molecule has 0 saturated carbocycles. The molecule has 0 spiro atoms. The maximum atomic E-state index is 11.8. The molecule has 0 aliphatic carbocycles. The Hall–Kier alpha value is -1.99. The molecule has 7 nitrogen and oxygen atoms in total. The smallest absolute Gasteiger partial charge is 0.337 e. The van der Waals surface area contributed by atoms with Crippen LogP contribution in [0.1, 0.15) is 16.8 Å². The van der Waals surface area contributed by atoms with Crippen LogP contribution < -0.4 is 10.6 Å². The van der Waals surface area contributed by atoms with Crippen molar-refractivity contribution < 1.29 is 19.4 Å². The van der Waals surface area contributed by atoms with E-state index < -0.39 is 5.97 Å². The van der Waals surface area contributed by atoms with Crippen molar-refractivity contribution in [3.63, 3.8) is 0 Å². The second kappa shape index (κ2) is 6.26. The van der Waals surface area contributed by atoms with Gasteiger partial charge in [-0.2, -0.15) is 0 Å². The van der Waals surface area contributed by atoms with Gasteiger partial charge in [-0.15, -0.1) is 0 Å². The summed E-state index contributed by atoms with van der Waals surface area (Å²) in [5.41, 5.74) is 0.405. The van der Waals surface area contributed by atoms with Crippen LogP contribution in [0.2, 0.25) is 0 Å². The lowest BCUT2D eigenvalue weighted by molar-refractivity contribution is -0.119. The SMILES string of the molecule is O=C(CC1CNCCO1)Nc1cncc(C(=O)O)c1. The van der Waals surface area contributed by atoms with E-state index >= 15 is 0 Å². The molecule has 1 atom stereocenters. The van der Waals surface area contributed by atoms with Crippen molar-refractivity contribution in [1.82, 2.24) is 10.3 Å². The molecule has 2 rings (SSSR count). The number of rotatable bonds is 4. The minimum atomic E-state index is -1.08. The highest BCUT2D eigenvalue weighted by molar-refractivity contribution is 5.93. The van der Waals surface area contributed by atoms with E-state index in [1.165, 1.54) is 18.5 Å². The number of carboxylic acid groups (broad SMARTS) is 1. The van der Waals surface area contributed by atoms with Gasteiger partial charge in [-0.25, -0.2) is 4.79 Å². The molecule has 7 heteroatoms. The fourth-order valence-electron chi connectivity index (χ4n) is 1.79. The monoisotopic (exact) mass is 265 g/mol. The second-order valence-electron chi connectivity index (χ2n) is 4.22. The molecule has 1 aromatic rings. The lowest BCUT2D eigenvalue weighted by Gasteiger charge is -2.23. The number of nitrogens with zero attached hydrogens (tertiary/aromatic N) is 1. The molecular weight excluding hydrogens is 250 g/mol. The van der Waals surface area contributed by atoms with Gasteiger partial charge in [0.15, 0.2) is 0 Å². The first kappa shape index (κ1) is 13.4. The van der Waals surface area contributed by atoms with Gasteiger partial charge in [0.05, 0.1) is 36.6 Å². The number of morpholine rings is 1. The highest BCUT2D eigenvalue weighted by atomic mass is 16.5. The average Bonchev–Trinajstić information content (AvgIpc) is 2.40. The molecule has 2 heterocycles. The van der Waals surface area contributed by atoms with E-state index in [0.717, 1.165) is 6.54 Å². The topological polar surface area (TPSA) is 101 Å². The number of hydrogen-bond acceptors (Lipinski definition) is 5. The fraction of sp³-hybridized carbons (Fsp3) is 0.417. The quantitative estimate of drug-likeness (QED) is 0.713. The van der Waals surface area contributed by atoms with Crippen molar-refractivity contribution in [3.8, 4) is 0 Å². The molecule has 3 N–H and O–H groups in total. The number of ether oxygens (including phenoxy) is 1. The lowest BCUT2D eigenvalue weighted by Crippen LogP contribution is -2.40. The summed E-state index contributed by atoms with van der Waals surface area (Å²) >= 11 is 0. The van der Waals surface area contributed by atoms with E-state index in [0.29, 0.717) is 18.8 Å². The Morgan fingerprint density at radius 3 is 3.05 bits per heavy atom. The molecule has 1 aliphatic heterocycles. The number of carbonyl (C=O) groups is 2. The van der Waals surface area contributed by atoms with Crippen molar-refractivity contribution in [2.75, 3.05) is 25.0 Å². The Kier molecular flexibility index (Phi) is 4.43. The Morgan fingerprint density at radius 1 is 1.53 bits per heavy atom. The third-order valence-corrected chi connectivity index (χ3v) is 2.69. The van der Waals surface area contributed by atoms with Gasteiger partial charge in [0.2, 0.25) is 5.91 Å². The summed E-state index contributed by atoms with van der Waals surface area (Å²) in [6, 6.07) is 1.37. The van der Waals surface area contributed by atoms with E-state index in [4.69, 9.17) is 9.84 Å². The van der Waals surface area contributed by atoms with Gasteiger partial charge in [0.25, 0.3) is 0 Å². The Bertz CT molecular complexity index is 472. The Labute approximate surface area is 110 Å². The molecule has 1 aromatic heterocycles. The van der Waals surface area contributed by atoms with E-state index in [1.807, 2.05) is 0 Å². The summed E-state index contributed by atoms with van der Waals surface area (Å²) in [5, 5.41) is 14.6. The van der Waals surface area contributed by atoms with E-state index in [-0.39, 0.29) is 24.0 Å². The Morgan fingerprint density at radius 2 is 2.37 bits per heavy atom. The largest absolute Gasteiger partial charge is 0.478 e. The van der Waals surface area contributed by atoms with Crippen LogP contribution in [0, 0.1) is 0 Å². The summed E-state index contributed by atoms with van der Waals surface area (Å²) in [5.74, 6) is -1.30. The summed E-state index contributed by atoms with van der Waals surface area (Å²) in [6.07, 6.45) is 2.71. The highest BCUT2D eigenvalue weighted by Gasteiger charge is 2.17. The zero-order chi connectivity index (χ0) is 13.7. The number of anilines is 1. The number of carboxylic acids is 1. The molecule has 0 radical (unpaired) electrons. The molecule has 0 aromatic carbocycles. The molecule has 1 saturated heterocycles. The van der Waals surface area contributed by atoms with Gasteiger partial charge in [0, 0.05) is 19.3 Å². The normalized spacial score (nSPS) is 18.8. The molecule has 19 heavy (non-hydrogen) atoms. The molecule has 1 amide bonds. The van der Waals surface area contributed by atoms with E-state index in [2.05, 4.69) is 15.6 Å². The molecular formula is C12H15N3O4. The van der Waals surface area contributed by atoms with Gasteiger partial charge >= 0.3 is 5.97 Å². The first-order chi connectivity index (χ1) is 9.15. The maximum absolute atomic E-state index is 11.8. The van der Waals surface area contributed by atoms with Crippen molar-refractivity contribution in [2.24, 2.45) is 0 Å². The molecule has 1 fully saturated rings. The van der Waals surface area contributed by atoms with Gasteiger partial charge in [-0.1, -0.05) is 0 Å². The summed E-state index contributed by atoms with van der Waals surface area (Å²) in [7, 11) is 0. The fourth-order valence-corrected chi connectivity index (χ4v) is 1.79. The maximum Gasteiger partial charge on any atom is 0.337 e. The third-order valence-electron chi connectivity index (χ3n) is 2.69. The van der Waals surface area contributed by atoms with Crippen LogP contribution >= 0.6 is 0 Å². The summed E-state index contributed by atoms with van der Waals surface area (Å²) in [6.45, 7) is 2.03. The van der Waals surface area contributed by atoms with Gasteiger partial charge in [-0.3, -0.25) is 9.78 Å². The van der Waals surface area contributed by atoms with Crippen LogP contribution in [-0.4, -0.2) is 47.8 Å². The van der Waals surface area contributed by atoms with Crippen molar-refractivity contribution in [3.05, 3.63) is 24.0 Å². The number of aromatic nitrogens is 1. The van der Waals surface area contributed by atoms with Crippen LogP contribution in [0.3, 0.4) is 0 Å². The standard InChI is InChI=1S/C12H15N3O4/c16-11(4-10-7-13-1-2-19-10)15-9-3-8(12(17)18)5-14-6-9/h3,5-6,10,13H,1-2,4,7H2,(H,15,16)(H,17,18). The van der Waals surface area contributed by atoms with Crippen LogP contribution in [0.25, 0.3) is 0 Å². The predicted molar refractivity (Wildman–Crippen MR) is 67.1 cm³/mol. The number of nitrogens with one attached hydrogen (secondary N) is 2. The van der Waals surface area contributed by atoms with Crippen molar-refractivity contribution >= 4 is 17.6 Å². The number of hydrogen-bond donors (Lipinski definition) is 3. The second-order valence-corrected chi connectivity index (χ2v) is 4.22. The van der Waals surface area contributed by atoms with E-state index in [1.54, 1.807) is 0 Å². The Balaban J connectivity index is 1.90. The summed E-state index contributed by atoms with van der Waals surface area (Å²) < 4.78 is 5.42. The number of aromatic carboxylic acids is 1. The first-order valence-electron chi connectivity index (χ1n) is 5.95. The average molecular weight is 265 g/mol. The molecule has 1 unspecified atom stereocenters. The van der Waals surface area contributed by atoms with E-state index in [9.17, 15) is 9.59 Å². The number of carbonyl (C=O) groups excluding carboxylic acids is 1. The minimum absolute atomic E-state index is 0.0355. The number of pyridine rings is 1. The third kappa shape index (κ3) is 4.01. The van der Waals surface area contributed by atoms with Gasteiger partial charge in [-0.05, 0) is 6.07 Å². The summed E-state index contributed by atoms with van der Waals surface area (Å²) in [4.78, 5) is 26.3. The molecule has 1 aliphatic rings. The van der Waals surface area contributed by atoms with Crippen LogP contribution in [-0.2, 0) is 9.53 Å². The highest BCUT2D eigenvalue weighted by Crippen LogP contribution is 2.10. The van der Waals surface area contributed by atoms with Gasteiger partial charge in [0.1, 0.15) is 0 Å². The number of amides is 1. The van der Waals surface area contributed by atoms with Crippen LogP contribution in [0.15, 0.2) is 18.5 Å². The zero-order valence-electron chi connectivity index (χ0n) is 10.3. The lowest BCUT2D eigenvalue weighted by atomic mass is 10.2. The van der Waals surface area contributed by atoms with Crippen molar-refractivity contribution in [2.45, 2.75) is 12.5 Å². The molecule has 0 bridgehead atoms. The minimum Gasteiger partial charge on any atom is -0.478 e. The zero-order valence-corrected chi connectivity index (χ0v) is 10.3. The van der Waals surface area contributed by atoms with Crippen molar-refractivity contribution in [1.29, 1.82) is 0 Å².